The molecule has 0 aliphatic carbocycles. The number of aliphatic hydroxyl groups excluding tert-OH is 1. The van der Waals surface area contributed by atoms with E-state index in [1.54, 1.807) is 0 Å². The molecule has 0 fully saturated rings. The number of aliphatic imine (C=N–C) groups is 1. The molecule has 0 aliphatic rings. The van der Waals surface area contributed by atoms with Crippen molar-refractivity contribution in [2.24, 2.45) is 4.99 Å². The van der Waals surface area contributed by atoms with E-state index in [2.05, 4.69) is 20.9 Å². The number of carbonyl (C=O) groups excluding carboxylic acids is 1. The van der Waals surface area contributed by atoms with Crippen LogP contribution in [0, 0.1) is 0 Å². The number of ether oxygens (including phenoxy) is 1. The lowest BCUT2D eigenvalue weighted by molar-refractivity contribution is -0.114. The topological polar surface area (TPSA) is 95.0 Å². The third-order valence-electron chi connectivity index (χ3n) is 3.88. The molecule has 7 nitrogen and oxygen atoms in total. The van der Waals surface area contributed by atoms with E-state index in [9.17, 15) is 9.90 Å². The zero-order valence-corrected chi connectivity index (χ0v) is 17.2. The number of hydrogen-bond acceptors (Lipinski definition) is 4. The van der Waals surface area contributed by atoms with Gasteiger partial charge >= 0.3 is 0 Å². The van der Waals surface area contributed by atoms with Gasteiger partial charge in [0.25, 0.3) is 0 Å². The highest BCUT2D eigenvalue weighted by molar-refractivity contribution is 5.94. The van der Waals surface area contributed by atoms with Gasteiger partial charge in [0.2, 0.25) is 5.91 Å². The summed E-state index contributed by atoms with van der Waals surface area (Å²) in [5.74, 6) is 1.02. The van der Waals surface area contributed by atoms with Crippen LogP contribution in [0.5, 0.6) is 5.75 Å². The number of para-hydroxylation sites is 1. The van der Waals surface area contributed by atoms with Gasteiger partial charge in [-0.3, -0.25) is 4.79 Å². The minimum absolute atomic E-state index is 0.0262. The lowest BCUT2D eigenvalue weighted by atomic mass is 10.1. The first-order valence-electron chi connectivity index (χ1n) is 9.79. The largest absolute Gasteiger partial charge is 0.491 e. The van der Waals surface area contributed by atoms with Crippen LogP contribution in [-0.2, 0) is 4.79 Å². The Morgan fingerprint density at radius 1 is 1.07 bits per heavy atom. The van der Waals surface area contributed by atoms with E-state index in [0.717, 1.165) is 17.0 Å². The van der Waals surface area contributed by atoms with Crippen LogP contribution < -0.4 is 20.7 Å². The highest BCUT2D eigenvalue weighted by Crippen LogP contribution is 2.18. The first-order valence-corrected chi connectivity index (χ1v) is 9.79. The number of amides is 1. The van der Waals surface area contributed by atoms with Crippen molar-refractivity contribution in [3.63, 3.8) is 0 Å². The molecular weight excluding hydrogens is 368 g/mol. The summed E-state index contributed by atoms with van der Waals surface area (Å²) in [6.45, 7) is 6.75. The number of hydrogen-bond donors (Lipinski definition) is 4. The predicted octanol–water partition coefficient (Wildman–Crippen LogP) is 2.70. The van der Waals surface area contributed by atoms with Crippen molar-refractivity contribution in [2.45, 2.75) is 33.0 Å². The summed E-state index contributed by atoms with van der Waals surface area (Å²) in [4.78, 5) is 16.3. The summed E-state index contributed by atoms with van der Waals surface area (Å²) in [6.07, 6.45) is -0.615. The van der Waals surface area contributed by atoms with Gasteiger partial charge in [0.05, 0.1) is 12.2 Å². The van der Waals surface area contributed by atoms with Crippen LogP contribution in [0.15, 0.2) is 59.6 Å². The van der Waals surface area contributed by atoms with Gasteiger partial charge in [-0.25, -0.2) is 4.99 Å². The van der Waals surface area contributed by atoms with Crippen LogP contribution in [0.2, 0.25) is 0 Å². The van der Waals surface area contributed by atoms with E-state index in [4.69, 9.17) is 4.74 Å². The van der Waals surface area contributed by atoms with Gasteiger partial charge in [-0.05, 0) is 50.6 Å². The molecule has 0 aliphatic heterocycles. The lowest BCUT2D eigenvalue weighted by Gasteiger charge is -2.16. The van der Waals surface area contributed by atoms with E-state index in [1.807, 2.05) is 75.4 Å². The molecule has 2 aromatic carbocycles. The number of nitrogens with zero attached hydrogens (tertiary/aromatic N) is 1. The SMILES string of the molecule is CCNC(=NCC(=O)Nc1ccccc1)NCC(O)c1ccc(OC(C)C)cc1. The Bertz CT molecular complexity index is 776. The lowest BCUT2D eigenvalue weighted by Crippen LogP contribution is -2.40. The van der Waals surface area contributed by atoms with Gasteiger partial charge in [0.15, 0.2) is 5.96 Å². The molecule has 1 unspecified atom stereocenters. The predicted molar refractivity (Wildman–Crippen MR) is 116 cm³/mol. The zero-order valence-electron chi connectivity index (χ0n) is 17.2. The molecule has 4 N–H and O–H groups in total. The van der Waals surface area contributed by atoms with E-state index in [0.29, 0.717) is 12.5 Å². The van der Waals surface area contributed by atoms with E-state index in [1.165, 1.54) is 0 Å². The Morgan fingerprint density at radius 3 is 2.38 bits per heavy atom. The Balaban J connectivity index is 1.87. The number of rotatable bonds is 9. The standard InChI is InChI=1S/C22H30N4O3/c1-4-23-22(25-15-21(28)26-18-8-6-5-7-9-18)24-14-20(27)17-10-12-19(13-11-17)29-16(2)3/h5-13,16,20,27H,4,14-15H2,1-3H3,(H,26,28)(H2,23,24,25). The van der Waals surface area contributed by atoms with Crippen LogP contribution in [0.3, 0.4) is 0 Å². The molecule has 1 atom stereocenters. The average molecular weight is 399 g/mol. The maximum absolute atomic E-state index is 12.1. The average Bonchev–Trinajstić information content (AvgIpc) is 2.70. The maximum atomic E-state index is 12.1. The van der Waals surface area contributed by atoms with Gasteiger partial charge in [-0.15, -0.1) is 0 Å². The normalized spacial score (nSPS) is 12.4. The molecule has 0 radical (unpaired) electrons. The summed E-state index contributed by atoms with van der Waals surface area (Å²) in [5.41, 5.74) is 1.50. The molecule has 0 aromatic heterocycles. The minimum Gasteiger partial charge on any atom is -0.491 e. The summed E-state index contributed by atoms with van der Waals surface area (Å²) in [5, 5.41) is 19.3. The molecule has 7 heteroatoms. The van der Waals surface area contributed by atoms with Crippen LogP contribution in [0.1, 0.15) is 32.4 Å². The number of benzene rings is 2. The fourth-order valence-corrected chi connectivity index (χ4v) is 2.57. The fraction of sp³-hybridized carbons (Fsp3) is 0.364. The van der Waals surface area contributed by atoms with Gasteiger partial charge in [0, 0.05) is 18.8 Å². The smallest absolute Gasteiger partial charge is 0.246 e. The first-order chi connectivity index (χ1) is 14.0. The zero-order chi connectivity index (χ0) is 21.1. The van der Waals surface area contributed by atoms with Crippen molar-refractivity contribution in [1.82, 2.24) is 10.6 Å². The van der Waals surface area contributed by atoms with E-state index >= 15 is 0 Å². The van der Waals surface area contributed by atoms with Crippen molar-refractivity contribution >= 4 is 17.6 Å². The molecule has 0 bridgehead atoms. The van der Waals surface area contributed by atoms with Crippen LogP contribution >= 0.6 is 0 Å². The summed E-state index contributed by atoms with van der Waals surface area (Å²) in [7, 11) is 0. The number of aliphatic hydroxyl groups is 1. The molecule has 0 spiro atoms. The fourth-order valence-electron chi connectivity index (χ4n) is 2.57. The molecule has 1 amide bonds. The first kappa shape index (κ1) is 22.2. The molecule has 0 heterocycles. The van der Waals surface area contributed by atoms with Crippen LogP contribution in [0.25, 0.3) is 0 Å². The minimum atomic E-state index is -0.717. The highest BCUT2D eigenvalue weighted by Gasteiger charge is 2.10. The summed E-state index contributed by atoms with van der Waals surface area (Å²) in [6, 6.07) is 16.6. The molecular formula is C22H30N4O3. The Labute approximate surface area is 172 Å². The number of anilines is 1. The van der Waals surface area contributed by atoms with Crippen molar-refractivity contribution in [3.05, 3.63) is 60.2 Å². The van der Waals surface area contributed by atoms with Crippen molar-refractivity contribution in [2.75, 3.05) is 25.0 Å². The van der Waals surface area contributed by atoms with Gasteiger partial charge < -0.3 is 25.8 Å². The van der Waals surface area contributed by atoms with Crippen LogP contribution in [-0.4, -0.2) is 42.7 Å². The highest BCUT2D eigenvalue weighted by atomic mass is 16.5. The van der Waals surface area contributed by atoms with Gasteiger partial charge in [-0.2, -0.15) is 0 Å². The maximum Gasteiger partial charge on any atom is 0.246 e. The second-order valence-electron chi connectivity index (χ2n) is 6.74. The quantitative estimate of drug-likeness (QED) is 0.385. The van der Waals surface area contributed by atoms with Crippen LogP contribution in [0.4, 0.5) is 5.69 Å². The second-order valence-corrected chi connectivity index (χ2v) is 6.74. The number of carbonyl (C=O) groups is 1. The van der Waals surface area contributed by atoms with Crippen molar-refractivity contribution in [3.8, 4) is 5.75 Å². The second kappa shape index (κ2) is 11.7. The Kier molecular flexibility index (Phi) is 8.98. The monoisotopic (exact) mass is 398 g/mol. The third-order valence-corrected chi connectivity index (χ3v) is 3.88. The molecule has 29 heavy (non-hydrogen) atoms. The Morgan fingerprint density at radius 2 is 1.76 bits per heavy atom. The third kappa shape index (κ3) is 8.23. The summed E-state index contributed by atoms with van der Waals surface area (Å²) < 4.78 is 5.61. The molecule has 0 saturated carbocycles. The molecule has 0 saturated heterocycles. The van der Waals surface area contributed by atoms with E-state index < -0.39 is 6.10 Å². The van der Waals surface area contributed by atoms with Gasteiger partial charge in [-0.1, -0.05) is 30.3 Å². The summed E-state index contributed by atoms with van der Waals surface area (Å²) >= 11 is 0. The Hall–Kier alpha value is -3.06. The van der Waals surface area contributed by atoms with Crippen molar-refractivity contribution in [1.29, 1.82) is 0 Å². The van der Waals surface area contributed by atoms with E-state index in [-0.39, 0.29) is 25.1 Å². The number of nitrogens with one attached hydrogen (secondary N) is 3. The molecule has 2 aromatic rings. The molecule has 2 rings (SSSR count). The van der Waals surface area contributed by atoms with Crippen molar-refractivity contribution < 1.29 is 14.6 Å². The number of guanidine groups is 1. The van der Waals surface area contributed by atoms with Gasteiger partial charge in [0.1, 0.15) is 12.3 Å². The molecule has 156 valence electrons.